The molecule has 2 N–H and O–H groups in total. The first kappa shape index (κ1) is 15.3. The third-order valence-corrected chi connectivity index (χ3v) is 5.40. The molecule has 2 aliphatic rings. The minimum Gasteiger partial charge on any atom is -0.396 e. The Balaban J connectivity index is 1.86. The molecule has 2 heteroatoms. The van der Waals surface area contributed by atoms with E-state index in [0.717, 1.165) is 12.5 Å². The lowest BCUT2D eigenvalue weighted by atomic mass is 9.70. The monoisotopic (exact) mass is 267 g/mol. The Bertz CT molecular complexity index is 281. The summed E-state index contributed by atoms with van der Waals surface area (Å²) >= 11 is 0. The molecule has 112 valence electrons. The summed E-state index contributed by atoms with van der Waals surface area (Å²) in [5.41, 5.74) is 0.664. The van der Waals surface area contributed by atoms with E-state index in [-0.39, 0.29) is 5.41 Å². The van der Waals surface area contributed by atoms with Crippen molar-refractivity contribution in [3.05, 3.63) is 0 Å². The molecule has 0 radical (unpaired) electrons. The zero-order valence-electron chi connectivity index (χ0n) is 13.2. The van der Waals surface area contributed by atoms with Gasteiger partial charge in [0, 0.05) is 24.6 Å². The van der Waals surface area contributed by atoms with Gasteiger partial charge in [-0.25, -0.2) is 0 Å². The van der Waals surface area contributed by atoms with Crippen LogP contribution in [0.1, 0.15) is 72.1 Å². The largest absolute Gasteiger partial charge is 0.396 e. The minimum absolute atomic E-state index is 0.184. The Labute approximate surface area is 119 Å². The van der Waals surface area contributed by atoms with Crippen molar-refractivity contribution in [3.63, 3.8) is 0 Å². The van der Waals surface area contributed by atoms with E-state index >= 15 is 0 Å². The molecule has 0 aromatic rings. The number of rotatable bonds is 4. The lowest BCUT2D eigenvalue weighted by molar-refractivity contribution is 0.0682. The lowest BCUT2D eigenvalue weighted by Gasteiger charge is -2.42. The fourth-order valence-corrected chi connectivity index (χ4v) is 4.55. The maximum atomic E-state index is 9.79. The normalized spacial score (nSPS) is 34.1. The van der Waals surface area contributed by atoms with Crippen molar-refractivity contribution in [2.75, 3.05) is 13.2 Å². The van der Waals surface area contributed by atoms with E-state index in [2.05, 4.69) is 26.1 Å². The van der Waals surface area contributed by atoms with E-state index in [9.17, 15) is 5.11 Å². The molecular formula is C17H33NO. The lowest BCUT2D eigenvalue weighted by Crippen LogP contribution is -2.46. The molecule has 0 bridgehead atoms. The summed E-state index contributed by atoms with van der Waals surface area (Å²) in [4.78, 5) is 0. The van der Waals surface area contributed by atoms with Crippen LogP contribution in [-0.2, 0) is 0 Å². The fraction of sp³-hybridized carbons (Fsp3) is 1.00. The summed E-state index contributed by atoms with van der Waals surface area (Å²) in [5.74, 6) is 0.831. The number of hydrogen-bond donors (Lipinski definition) is 2. The van der Waals surface area contributed by atoms with Crippen molar-refractivity contribution in [1.29, 1.82) is 0 Å². The highest BCUT2D eigenvalue weighted by Gasteiger charge is 2.35. The van der Waals surface area contributed by atoms with Gasteiger partial charge in [-0.3, -0.25) is 0 Å². The molecule has 0 aromatic carbocycles. The molecule has 2 aliphatic carbocycles. The molecule has 2 saturated carbocycles. The topological polar surface area (TPSA) is 32.3 Å². The van der Waals surface area contributed by atoms with Crippen LogP contribution in [0, 0.1) is 16.7 Å². The molecule has 19 heavy (non-hydrogen) atoms. The Morgan fingerprint density at radius 3 is 2.37 bits per heavy atom. The summed E-state index contributed by atoms with van der Waals surface area (Å²) in [6, 6.07) is 0.657. The standard InChI is InChI=1S/C17H33NO/c1-14-9-15(11-16(2,3)10-14)18-12-17(13-19)7-5-4-6-8-17/h14-15,18-19H,4-13H2,1-3H3. The van der Waals surface area contributed by atoms with Gasteiger partial charge in [-0.2, -0.15) is 0 Å². The van der Waals surface area contributed by atoms with Crippen LogP contribution in [0.25, 0.3) is 0 Å². The Morgan fingerprint density at radius 2 is 1.79 bits per heavy atom. The number of nitrogens with one attached hydrogen (secondary N) is 1. The summed E-state index contributed by atoms with van der Waals surface area (Å²) in [5, 5.41) is 13.6. The number of hydrogen-bond acceptors (Lipinski definition) is 2. The van der Waals surface area contributed by atoms with Gasteiger partial charge in [-0.1, -0.05) is 40.0 Å². The Hall–Kier alpha value is -0.0800. The summed E-state index contributed by atoms with van der Waals surface area (Å²) in [6.07, 6.45) is 10.3. The van der Waals surface area contributed by atoms with Gasteiger partial charge in [-0.05, 0) is 43.4 Å². The SMILES string of the molecule is CC1CC(NCC2(CO)CCCCC2)CC(C)(C)C1. The van der Waals surface area contributed by atoms with Crippen LogP contribution in [0.15, 0.2) is 0 Å². The van der Waals surface area contributed by atoms with Gasteiger partial charge in [0.2, 0.25) is 0 Å². The fourth-order valence-electron chi connectivity index (χ4n) is 4.55. The van der Waals surface area contributed by atoms with Crippen molar-refractivity contribution in [2.24, 2.45) is 16.7 Å². The summed E-state index contributed by atoms with van der Waals surface area (Å²) in [7, 11) is 0. The molecular weight excluding hydrogens is 234 g/mol. The first-order valence-electron chi connectivity index (χ1n) is 8.29. The van der Waals surface area contributed by atoms with Crippen LogP contribution in [-0.4, -0.2) is 24.3 Å². The highest BCUT2D eigenvalue weighted by atomic mass is 16.3. The second-order valence-corrected chi connectivity index (χ2v) is 8.21. The Morgan fingerprint density at radius 1 is 1.11 bits per heavy atom. The van der Waals surface area contributed by atoms with Crippen molar-refractivity contribution >= 4 is 0 Å². The van der Waals surface area contributed by atoms with Crippen LogP contribution in [0.3, 0.4) is 0 Å². The predicted molar refractivity (Wildman–Crippen MR) is 81.2 cm³/mol. The van der Waals surface area contributed by atoms with Gasteiger partial charge in [0.25, 0.3) is 0 Å². The molecule has 0 aromatic heterocycles. The smallest absolute Gasteiger partial charge is 0.0499 e. The molecule has 2 nitrogen and oxygen atoms in total. The molecule has 0 amide bonds. The van der Waals surface area contributed by atoms with Crippen molar-refractivity contribution in [3.8, 4) is 0 Å². The van der Waals surface area contributed by atoms with E-state index in [4.69, 9.17) is 0 Å². The van der Waals surface area contributed by atoms with Crippen LogP contribution in [0.4, 0.5) is 0 Å². The number of aliphatic hydroxyl groups excluding tert-OH is 1. The van der Waals surface area contributed by atoms with Gasteiger partial charge >= 0.3 is 0 Å². The second kappa shape index (κ2) is 6.13. The second-order valence-electron chi connectivity index (χ2n) is 8.21. The zero-order chi connectivity index (χ0) is 13.9. The van der Waals surface area contributed by atoms with Crippen LogP contribution in [0.5, 0.6) is 0 Å². The molecule has 2 atom stereocenters. The minimum atomic E-state index is 0.184. The van der Waals surface area contributed by atoms with E-state index in [0.29, 0.717) is 18.1 Å². The van der Waals surface area contributed by atoms with E-state index in [1.54, 1.807) is 0 Å². The predicted octanol–water partition coefficient (Wildman–Crippen LogP) is 3.73. The average molecular weight is 267 g/mol. The molecule has 0 aliphatic heterocycles. The zero-order valence-corrected chi connectivity index (χ0v) is 13.2. The third-order valence-electron chi connectivity index (χ3n) is 5.40. The maximum absolute atomic E-state index is 9.79. The third kappa shape index (κ3) is 4.19. The summed E-state index contributed by atoms with van der Waals surface area (Å²) < 4.78 is 0. The van der Waals surface area contributed by atoms with Gasteiger partial charge in [0.15, 0.2) is 0 Å². The molecule has 0 spiro atoms. The molecule has 0 heterocycles. The average Bonchev–Trinajstić information content (AvgIpc) is 2.35. The van der Waals surface area contributed by atoms with Gasteiger partial charge in [0.05, 0.1) is 0 Å². The Kier molecular flexibility index (Phi) is 4.94. The maximum Gasteiger partial charge on any atom is 0.0499 e. The summed E-state index contributed by atoms with van der Waals surface area (Å²) in [6.45, 7) is 8.58. The number of aliphatic hydroxyl groups is 1. The molecule has 0 saturated heterocycles. The molecule has 2 rings (SSSR count). The highest BCUT2D eigenvalue weighted by molar-refractivity contribution is 4.90. The van der Waals surface area contributed by atoms with E-state index in [1.165, 1.54) is 51.4 Å². The molecule has 2 unspecified atom stereocenters. The quantitative estimate of drug-likeness (QED) is 0.813. The van der Waals surface area contributed by atoms with E-state index in [1.807, 2.05) is 0 Å². The van der Waals surface area contributed by atoms with Crippen molar-refractivity contribution < 1.29 is 5.11 Å². The molecule has 2 fully saturated rings. The van der Waals surface area contributed by atoms with Gasteiger partial charge < -0.3 is 10.4 Å². The van der Waals surface area contributed by atoms with Gasteiger partial charge in [-0.15, -0.1) is 0 Å². The van der Waals surface area contributed by atoms with Crippen molar-refractivity contribution in [2.45, 2.75) is 78.2 Å². The van der Waals surface area contributed by atoms with Crippen LogP contribution < -0.4 is 5.32 Å². The van der Waals surface area contributed by atoms with Gasteiger partial charge in [0.1, 0.15) is 0 Å². The van der Waals surface area contributed by atoms with E-state index < -0.39 is 0 Å². The van der Waals surface area contributed by atoms with Crippen molar-refractivity contribution in [1.82, 2.24) is 5.32 Å². The first-order valence-corrected chi connectivity index (χ1v) is 8.29. The van der Waals surface area contributed by atoms with Crippen LogP contribution in [0.2, 0.25) is 0 Å². The van der Waals surface area contributed by atoms with Crippen LogP contribution >= 0.6 is 0 Å². The highest BCUT2D eigenvalue weighted by Crippen LogP contribution is 2.40. The first-order chi connectivity index (χ1) is 8.95.